The molecule has 0 saturated heterocycles. The van der Waals surface area contributed by atoms with Gasteiger partial charge in [-0.2, -0.15) is 0 Å². The first-order chi connectivity index (χ1) is 9.92. The van der Waals surface area contributed by atoms with Crippen LogP contribution in [0.5, 0.6) is 0 Å². The summed E-state index contributed by atoms with van der Waals surface area (Å²) in [5, 5.41) is 4.33. The maximum absolute atomic E-state index is 11.9. The summed E-state index contributed by atoms with van der Waals surface area (Å²) in [6.07, 6.45) is 0. The molecule has 0 fully saturated rings. The predicted molar refractivity (Wildman–Crippen MR) is 92.1 cm³/mol. The first kappa shape index (κ1) is 16.5. The minimum atomic E-state index is -0.378. The van der Waals surface area contributed by atoms with Crippen molar-refractivity contribution in [2.45, 2.75) is 20.4 Å². The van der Waals surface area contributed by atoms with Crippen LogP contribution in [0.25, 0.3) is 0 Å². The molecule has 0 bridgehead atoms. The second-order valence-corrected chi connectivity index (χ2v) is 7.45. The third-order valence-corrected chi connectivity index (χ3v) is 5.04. The topological polar surface area (TPSA) is 51.2 Å². The summed E-state index contributed by atoms with van der Waals surface area (Å²) >= 11 is 8.51. The third kappa shape index (κ3) is 3.84. The molecule has 0 unspecified atom stereocenters. The van der Waals surface area contributed by atoms with Gasteiger partial charge in [-0.25, -0.2) is 9.78 Å². The monoisotopic (exact) mass is 432 g/mol. The summed E-state index contributed by atoms with van der Waals surface area (Å²) in [5.74, 6) is -0.378. The van der Waals surface area contributed by atoms with Gasteiger partial charge in [-0.3, -0.25) is 0 Å². The van der Waals surface area contributed by atoms with E-state index in [-0.39, 0.29) is 5.97 Å². The van der Waals surface area contributed by atoms with E-state index in [2.05, 4.69) is 42.2 Å². The zero-order valence-corrected chi connectivity index (χ0v) is 15.8. The Kier molecular flexibility index (Phi) is 5.40. The van der Waals surface area contributed by atoms with Gasteiger partial charge in [0, 0.05) is 13.8 Å². The first-order valence-corrected chi connectivity index (χ1v) is 8.56. The van der Waals surface area contributed by atoms with E-state index in [0.717, 1.165) is 30.2 Å². The van der Waals surface area contributed by atoms with E-state index >= 15 is 0 Å². The summed E-state index contributed by atoms with van der Waals surface area (Å²) in [4.78, 5) is 17.5. The van der Waals surface area contributed by atoms with Crippen molar-refractivity contribution in [3.8, 4) is 0 Å². The zero-order valence-electron chi connectivity index (χ0n) is 11.8. The molecule has 0 spiro atoms. The van der Waals surface area contributed by atoms with E-state index in [0.29, 0.717) is 12.1 Å². The Morgan fingerprint density at radius 1 is 1.38 bits per heavy atom. The summed E-state index contributed by atoms with van der Waals surface area (Å²) < 4.78 is 6.45. The molecular weight excluding hydrogens is 420 g/mol. The molecule has 0 aliphatic carbocycles. The molecule has 0 amide bonds. The van der Waals surface area contributed by atoms with Gasteiger partial charge in [-0.05, 0) is 41.9 Å². The standard InChI is InChI=1S/C14H14Br2N2O2S/c1-7-12(21-8(2)18-7)6-17-13-10(14(19)20-3)4-9(15)5-11(13)16/h4-5,17H,6H2,1-3H3. The lowest BCUT2D eigenvalue weighted by molar-refractivity contribution is 0.0601. The molecule has 0 aliphatic heterocycles. The predicted octanol–water partition coefficient (Wildman–Crippen LogP) is 4.68. The van der Waals surface area contributed by atoms with E-state index in [1.165, 1.54) is 7.11 Å². The van der Waals surface area contributed by atoms with Crippen LogP contribution >= 0.6 is 43.2 Å². The molecule has 1 aromatic carbocycles. The summed E-state index contributed by atoms with van der Waals surface area (Å²) in [6, 6.07) is 3.63. The molecule has 1 aromatic heterocycles. The number of ether oxygens (including phenoxy) is 1. The average molecular weight is 434 g/mol. The van der Waals surface area contributed by atoms with E-state index in [9.17, 15) is 4.79 Å². The molecule has 0 aliphatic rings. The minimum absolute atomic E-state index is 0.378. The smallest absolute Gasteiger partial charge is 0.340 e. The molecule has 21 heavy (non-hydrogen) atoms. The number of anilines is 1. The number of esters is 1. The van der Waals surface area contributed by atoms with Gasteiger partial charge < -0.3 is 10.1 Å². The van der Waals surface area contributed by atoms with Crippen LogP contribution in [0.1, 0.15) is 25.9 Å². The maximum atomic E-state index is 11.9. The quantitative estimate of drug-likeness (QED) is 0.711. The number of benzene rings is 1. The van der Waals surface area contributed by atoms with Crippen molar-refractivity contribution in [3.63, 3.8) is 0 Å². The highest BCUT2D eigenvalue weighted by molar-refractivity contribution is 9.11. The fraction of sp³-hybridized carbons (Fsp3) is 0.286. The maximum Gasteiger partial charge on any atom is 0.340 e. The van der Waals surface area contributed by atoms with Crippen molar-refractivity contribution in [2.24, 2.45) is 0 Å². The molecule has 2 rings (SSSR count). The molecule has 1 N–H and O–H groups in total. The molecule has 7 heteroatoms. The van der Waals surface area contributed by atoms with E-state index in [1.807, 2.05) is 19.9 Å². The highest BCUT2D eigenvalue weighted by Gasteiger charge is 2.16. The van der Waals surface area contributed by atoms with Crippen molar-refractivity contribution in [2.75, 3.05) is 12.4 Å². The van der Waals surface area contributed by atoms with E-state index < -0.39 is 0 Å². The highest BCUT2D eigenvalue weighted by atomic mass is 79.9. The number of aromatic nitrogens is 1. The van der Waals surface area contributed by atoms with Crippen molar-refractivity contribution < 1.29 is 9.53 Å². The number of thiazole rings is 1. The van der Waals surface area contributed by atoms with Crippen LogP contribution in [0.15, 0.2) is 21.1 Å². The Labute approximate surface area is 144 Å². The number of aryl methyl sites for hydroxylation is 2. The molecule has 0 radical (unpaired) electrons. The van der Waals surface area contributed by atoms with Gasteiger partial charge in [0.1, 0.15) is 0 Å². The van der Waals surface area contributed by atoms with Gasteiger partial charge in [0.2, 0.25) is 0 Å². The normalized spacial score (nSPS) is 10.5. The van der Waals surface area contributed by atoms with Gasteiger partial charge in [0.25, 0.3) is 0 Å². The second-order valence-electron chi connectivity index (χ2n) is 4.40. The number of carbonyl (C=O) groups is 1. The lowest BCUT2D eigenvalue weighted by Crippen LogP contribution is -2.09. The Morgan fingerprint density at radius 2 is 2.10 bits per heavy atom. The summed E-state index contributed by atoms with van der Waals surface area (Å²) in [6.45, 7) is 4.58. The molecule has 4 nitrogen and oxygen atoms in total. The van der Waals surface area contributed by atoms with Crippen LogP contribution in [0.2, 0.25) is 0 Å². The van der Waals surface area contributed by atoms with Crippen molar-refractivity contribution in [1.29, 1.82) is 0 Å². The van der Waals surface area contributed by atoms with Crippen LogP contribution in [0.3, 0.4) is 0 Å². The van der Waals surface area contributed by atoms with Crippen LogP contribution in [0, 0.1) is 13.8 Å². The minimum Gasteiger partial charge on any atom is -0.465 e. The number of nitrogens with one attached hydrogen (secondary N) is 1. The zero-order chi connectivity index (χ0) is 15.6. The number of hydrogen-bond donors (Lipinski definition) is 1. The molecule has 0 saturated carbocycles. The molecule has 0 atom stereocenters. The average Bonchev–Trinajstić information content (AvgIpc) is 2.74. The number of halogens is 2. The number of rotatable bonds is 4. The molecular formula is C14H14Br2N2O2S. The fourth-order valence-corrected chi connectivity index (χ4v) is 4.17. The lowest BCUT2D eigenvalue weighted by Gasteiger charge is -2.13. The second kappa shape index (κ2) is 6.89. The van der Waals surface area contributed by atoms with E-state index in [4.69, 9.17) is 4.74 Å². The summed E-state index contributed by atoms with van der Waals surface area (Å²) in [7, 11) is 1.37. The Bertz CT molecular complexity index is 686. The van der Waals surface area contributed by atoms with E-state index in [1.54, 1.807) is 17.4 Å². The van der Waals surface area contributed by atoms with Gasteiger partial charge >= 0.3 is 5.97 Å². The summed E-state index contributed by atoms with van der Waals surface area (Å²) in [5.41, 5.74) is 2.21. The van der Waals surface area contributed by atoms with Crippen molar-refractivity contribution >= 4 is 54.9 Å². The Balaban J connectivity index is 2.30. The number of nitrogens with zero attached hydrogens (tertiary/aromatic N) is 1. The van der Waals surface area contributed by atoms with Crippen LogP contribution in [-0.2, 0) is 11.3 Å². The molecule has 112 valence electrons. The highest BCUT2D eigenvalue weighted by Crippen LogP contribution is 2.32. The number of methoxy groups -OCH3 is 1. The largest absolute Gasteiger partial charge is 0.465 e. The number of carbonyl (C=O) groups excluding carboxylic acids is 1. The van der Waals surface area contributed by atoms with Crippen molar-refractivity contribution in [3.05, 3.63) is 42.2 Å². The lowest BCUT2D eigenvalue weighted by atomic mass is 10.1. The third-order valence-electron chi connectivity index (χ3n) is 2.89. The first-order valence-electron chi connectivity index (χ1n) is 6.16. The molecule has 2 aromatic rings. The van der Waals surface area contributed by atoms with Gasteiger partial charge in [0.15, 0.2) is 0 Å². The Hall–Kier alpha value is -0.920. The van der Waals surface area contributed by atoms with Crippen LogP contribution < -0.4 is 5.32 Å². The number of hydrogen-bond acceptors (Lipinski definition) is 5. The van der Waals surface area contributed by atoms with Gasteiger partial charge in [-0.15, -0.1) is 11.3 Å². The van der Waals surface area contributed by atoms with Crippen LogP contribution in [-0.4, -0.2) is 18.1 Å². The van der Waals surface area contributed by atoms with Gasteiger partial charge in [-0.1, -0.05) is 15.9 Å². The SMILES string of the molecule is COC(=O)c1cc(Br)cc(Br)c1NCc1sc(C)nc1C. The van der Waals surface area contributed by atoms with Crippen molar-refractivity contribution in [1.82, 2.24) is 4.98 Å². The fourth-order valence-electron chi connectivity index (χ4n) is 1.93. The van der Waals surface area contributed by atoms with Gasteiger partial charge in [0.05, 0.1) is 35.6 Å². The molecule has 1 heterocycles. The Morgan fingerprint density at radius 3 is 2.67 bits per heavy atom. The van der Waals surface area contributed by atoms with Crippen LogP contribution in [0.4, 0.5) is 5.69 Å².